The molecule has 2 aromatic heterocycles. The minimum Gasteiger partial charge on any atom is -0.324 e. The van der Waals surface area contributed by atoms with Gasteiger partial charge < -0.3 is 5.32 Å². The van der Waals surface area contributed by atoms with E-state index in [1.807, 2.05) is 49.5 Å². The second kappa shape index (κ2) is 4.89. The molecule has 0 aliphatic heterocycles. The van der Waals surface area contributed by atoms with Crippen molar-refractivity contribution in [2.75, 3.05) is 5.32 Å². The average Bonchev–Trinajstić information content (AvgIpc) is 2.86. The van der Waals surface area contributed by atoms with Crippen LogP contribution in [0.2, 0.25) is 0 Å². The van der Waals surface area contributed by atoms with Gasteiger partial charge in [-0.3, -0.25) is 4.68 Å². The summed E-state index contributed by atoms with van der Waals surface area (Å²) in [5, 5.41) is 7.32. The van der Waals surface area contributed by atoms with E-state index in [1.54, 1.807) is 17.1 Å². The number of benzene rings is 1. The molecule has 0 fully saturated rings. The summed E-state index contributed by atoms with van der Waals surface area (Å²) < 4.78 is 1.79. The molecule has 0 bridgehead atoms. The molecule has 19 heavy (non-hydrogen) atoms. The fourth-order valence-electron chi connectivity index (χ4n) is 1.84. The lowest BCUT2D eigenvalue weighted by Gasteiger charge is -2.06. The average molecular weight is 251 g/mol. The van der Waals surface area contributed by atoms with Crippen molar-refractivity contribution >= 4 is 11.6 Å². The van der Waals surface area contributed by atoms with Gasteiger partial charge in [0.15, 0.2) is 0 Å². The predicted octanol–water partition coefficient (Wildman–Crippen LogP) is 2.62. The first-order chi connectivity index (χ1) is 9.33. The number of para-hydroxylation sites is 1. The van der Waals surface area contributed by atoms with Crippen LogP contribution < -0.4 is 5.32 Å². The van der Waals surface area contributed by atoms with Gasteiger partial charge in [0.25, 0.3) is 0 Å². The van der Waals surface area contributed by atoms with Crippen molar-refractivity contribution < 1.29 is 0 Å². The maximum Gasteiger partial charge on any atom is 0.227 e. The summed E-state index contributed by atoms with van der Waals surface area (Å²) in [7, 11) is 1.89. The molecule has 2 heterocycles. The third-order valence-corrected chi connectivity index (χ3v) is 2.77. The van der Waals surface area contributed by atoms with Crippen molar-refractivity contribution in [2.24, 2.45) is 7.05 Å². The van der Waals surface area contributed by atoms with E-state index in [2.05, 4.69) is 20.4 Å². The monoisotopic (exact) mass is 251 g/mol. The van der Waals surface area contributed by atoms with Crippen LogP contribution in [0.4, 0.5) is 11.6 Å². The fourth-order valence-corrected chi connectivity index (χ4v) is 1.84. The molecule has 0 saturated carbocycles. The third kappa shape index (κ3) is 2.44. The fraction of sp³-hybridized carbons (Fsp3) is 0.0714. The van der Waals surface area contributed by atoms with E-state index in [9.17, 15) is 0 Å². The van der Waals surface area contributed by atoms with E-state index in [4.69, 9.17) is 0 Å². The Hall–Kier alpha value is -2.69. The van der Waals surface area contributed by atoms with Crippen molar-refractivity contribution in [1.82, 2.24) is 19.7 Å². The highest BCUT2D eigenvalue weighted by molar-refractivity contribution is 5.58. The molecule has 0 unspecified atom stereocenters. The number of aromatic nitrogens is 4. The van der Waals surface area contributed by atoms with Gasteiger partial charge in [0.1, 0.15) is 0 Å². The molecule has 1 aromatic carbocycles. The van der Waals surface area contributed by atoms with E-state index in [0.717, 1.165) is 17.1 Å². The second-order valence-electron chi connectivity index (χ2n) is 4.10. The first-order valence-electron chi connectivity index (χ1n) is 5.96. The lowest BCUT2D eigenvalue weighted by molar-refractivity contribution is 0.773. The molecule has 5 heteroatoms. The summed E-state index contributed by atoms with van der Waals surface area (Å²) >= 11 is 0. The zero-order valence-electron chi connectivity index (χ0n) is 10.5. The van der Waals surface area contributed by atoms with Crippen LogP contribution in [-0.4, -0.2) is 19.7 Å². The van der Waals surface area contributed by atoms with Crippen LogP contribution in [0, 0.1) is 0 Å². The Bertz CT molecular complexity index is 675. The first-order valence-corrected chi connectivity index (χ1v) is 5.96. The van der Waals surface area contributed by atoms with Crippen molar-refractivity contribution in [2.45, 2.75) is 0 Å². The van der Waals surface area contributed by atoms with Gasteiger partial charge in [-0.05, 0) is 24.3 Å². The van der Waals surface area contributed by atoms with Crippen LogP contribution in [0.1, 0.15) is 0 Å². The molecule has 0 radical (unpaired) electrons. The molecule has 0 spiro atoms. The van der Waals surface area contributed by atoms with Gasteiger partial charge in [0, 0.05) is 25.1 Å². The number of nitrogens with zero attached hydrogens (tertiary/aromatic N) is 4. The van der Waals surface area contributed by atoms with E-state index in [-0.39, 0.29) is 0 Å². The maximum absolute atomic E-state index is 4.49. The molecule has 0 atom stereocenters. The standard InChI is InChI=1S/C14H13N5/c1-19-13(8-10-16-19)12-7-9-15-14(18-12)17-11-5-3-2-4-6-11/h2-10H,1H3,(H,15,17,18). The van der Waals surface area contributed by atoms with Crippen LogP contribution in [0.3, 0.4) is 0 Å². The highest BCUT2D eigenvalue weighted by Gasteiger charge is 2.05. The summed E-state index contributed by atoms with van der Waals surface area (Å²) in [6.45, 7) is 0. The number of rotatable bonds is 3. The Morgan fingerprint density at radius 2 is 1.84 bits per heavy atom. The predicted molar refractivity (Wildman–Crippen MR) is 74.0 cm³/mol. The van der Waals surface area contributed by atoms with Crippen LogP contribution in [-0.2, 0) is 7.05 Å². The SMILES string of the molecule is Cn1nccc1-c1ccnc(Nc2ccccc2)n1. The maximum atomic E-state index is 4.49. The molecule has 0 saturated heterocycles. The largest absolute Gasteiger partial charge is 0.324 e. The Labute approximate surface area is 111 Å². The molecule has 3 rings (SSSR count). The summed E-state index contributed by atoms with van der Waals surface area (Å²) in [6.07, 6.45) is 3.49. The van der Waals surface area contributed by atoms with Gasteiger partial charge in [0.05, 0.1) is 11.4 Å². The van der Waals surface area contributed by atoms with Crippen LogP contribution in [0.25, 0.3) is 11.4 Å². The molecular weight excluding hydrogens is 238 g/mol. The Balaban J connectivity index is 1.91. The second-order valence-corrected chi connectivity index (χ2v) is 4.10. The molecule has 3 aromatic rings. The molecule has 0 amide bonds. The summed E-state index contributed by atoms with van der Waals surface area (Å²) in [5.74, 6) is 0.574. The smallest absolute Gasteiger partial charge is 0.227 e. The topological polar surface area (TPSA) is 55.6 Å². The lowest BCUT2D eigenvalue weighted by Crippen LogP contribution is -2.00. The van der Waals surface area contributed by atoms with E-state index >= 15 is 0 Å². The molecule has 0 aliphatic rings. The number of hydrogen-bond acceptors (Lipinski definition) is 4. The van der Waals surface area contributed by atoms with Crippen LogP contribution in [0.5, 0.6) is 0 Å². The van der Waals surface area contributed by atoms with Gasteiger partial charge in [-0.2, -0.15) is 5.10 Å². The zero-order valence-corrected chi connectivity index (χ0v) is 10.5. The minimum atomic E-state index is 0.574. The van der Waals surface area contributed by atoms with Gasteiger partial charge in [0.2, 0.25) is 5.95 Å². The van der Waals surface area contributed by atoms with Gasteiger partial charge in [-0.1, -0.05) is 18.2 Å². The van der Waals surface area contributed by atoms with Crippen molar-refractivity contribution in [3.63, 3.8) is 0 Å². The Kier molecular flexibility index (Phi) is 2.94. The quantitative estimate of drug-likeness (QED) is 0.777. The molecular formula is C14H13N5. The van der Waals surface area contributed by atoms with Crippen molar-refractivity contribution in [1.29, 1.82) is 0 Å². The molecule has 94 valence electrons. The molecule has 5 nitrogen and oxygen atoms in total. The lowest BCUT2D eigenvalue weighted by atomic mass is 10.3. The van der Waals surface area contributed by atoms with Crippen molar-refractivity contribution in [3.8, 4) is 11.4 Å². The Morgan fingerprint density at radius 1 is 1.00 bits per heavy atom. The van der Waals surface area contributed by atoms with Crippen LogP contribution in [0.15, 0.2) is 54.9 Å². The Morgan fingerprint density at radius 3 is 2.58 bits per heavy atom. The number of nitrogens with one attached hydrogen (secondary N) is 1. The first kappa shape index (κ1) is 11.4. The van der Waals surface area contributed by atoms with E-state index < -0.39 is 0 Å². The van der Waals surface area contributed by atoms with E-state index in [1.165, 1.54) is 0 Å². The molecule has 1 N–H and O–H groups in total. The normalized spacial score (nSPS) is 10.4. The van der Waals surface area contributed by atoms with Gasteiger partial charge >= 0.3 is 0 Å². The van der Waals surface area contributed by atoms with Gasteiger partial charge in [-0.15, -0.1) is 0 Å². The van der Waals surface area contributed by atoms with Crippen molar-refractivity contribution in [3.05, 3.63) is 54.9 Å². The summed E-state index contributed by atoms with van der Waals surface area (Å²) in [5.41, 5.74) is 2.76. The third-order valence-electron chi connectivity index (χ3n) is 2.77. The number of hydrogen-bond donors (Lipinski definition) is 1. The number of aryl methyl sites for hydroxylation is 1. The summed E-state index contributed by atoms with van der Waals surface area (Å²) in [6, 6.07) is 13.6. The highest BCUT2D eigenvalue weighted by Crippen LogP contribution is 2.18. The van der Waals surface area contributed by atoms with Gasteiger partial charge in [-0.25, -0.2) is 9.97 Å². The molecule has 0 aliphatic carbocycles. The number of anilines is 2. The summed E-state index contributed by atoms with van der Waals surface area (Å²) in [4.78, 5) is 8.71. The zero-order chi connectivity index (χ0) is 13.1. The highest BCUT2D eigenvalue weighted by atomic mass is 15.3. The minimum absolute atomic E-state index is 0.574. The van der Waals surface area contributed by atoms with Crippen LogP contribution >= 0.6 is 0 Å². The van der Waals surface area contributed by atoms with E-state index in [0.29, 0.717) is 5.95 Å².